The van der Waals surface area contributed by atoms with E-state index < -0.39 is 17.6 Å². The van der Waals surface area contributed by atoms with Crippen LogP contribution in [0, 0.1) is 0 Å². The highest BCUT2D eigenvalue weighted by atomic mass is 19.4. The molecule has 1 fully saturated rings. The number of halogens is 3. The maximum Gasteiger partial charge on any atom is 0.416 e. The number of alkyl halides is 3. The van der Waals surface area contributed by atoms with Crippen molar-refractivity contribution in [2.75, 3.05) is 39.4 Å². The molecule has 1 heterocycles. The zero-order valence-electron chi connectivity index (χ0n) is 18.7. The number of piperazine rings is 1. The molecule has 6 nitrogen and oxygen atoms in total. The number of amides is 2. The Kier molecular flexibility index (Phi) is 7.84. The molecular weight excluding hydrogens is 437 g/mol. The molecule has 2 aromatic rings. The molecule has 178 valence electrons. The summed E-state index contributed by atoms with van der Waals surface area (Å²) < 4.78 is 50.1. The second-order valence-corrected chi connectivity index (χ2v) is 7.61. The lowest BCUT2D eigenvalue weighted by atomic mass is 10.1. The van der Waals surface area contributed by atoms with Crippen molar-refractivity contribution < 1.29 is 32.2 Å². The summed E-state index contributed by atoms with van der Waals surface area (Å²) in [6, 6.07) is 9.42. The van der Waals surface area contributed by atoms with Crippen molar-refractivity contribution in [2.45, 2.75) is 26.4 Å². The summed E-state index contributed by atoms with van der Waals surface area (Å²) in [5.74, 6) is 0.385. The van der Waals surface area contributed by atoms with Crippen LogP contribution in [0.2, 0.25) is 0 Å². The number of hydrogen-bond acceptors (Lipinski definition) is 4. The molecule has 0 unspecified atom stereocenters. The van der Waals surface area contributed by atoms with Crippen LogP contribution >= 0.6 is 0 Å². The molecule has 2 aromatic carbocycles. The van der Waals surface area contributed by atoms with Gasteiger partial charge >= 0.3 is 6.18 Å². The van der Waals surface area contributed by atoms with Crippen LogP contribution in [0.15, 0.2) is 42.5 Å². The Morgan fingerprint density at radius 1 is 0.848 bits per heavy atom. The summed E-state index contributed by atoms with van der Waals surface area (Å²) in [7, 11) is 0. The molecule has 0 saturated carbocycles. The Morgan fingerprint density at radius 3 is 2.00 bits per heavy atom. The van der Waals surface area contributed by atoms with Crippen LogP contribution in [-0.4, -0.2) is 61.0 Å². The summed E-state index contributed by atoms with van der Waals surface area (Å²) in [6.07, 6.45) is -3.67. The Labute approximate surface area is 190 Å². The van der Waals surface area contributed by atoms with Crippen molar-refractivity contribution in [1.82, 2.24) is 9.80 Å². The van der Waals surface area contributed by atoms with Gasteiger partial charge in [-0.25, -0.2) is 0 Å². The van der Waals surface area contributed by atoms with Gasteiger partial charge in [0.05, 0.1) is 18.8 Å². The third-order valence-corrected chi connectivity index (χ3v) is 5.24. The number of carbonyl (C=O) groups excluding carboxylic acids is 2. The molecule has 1 saturated heterocycles. The Bertz CT molecular complexity index is 986. The van der Waals surface area contributed by atoms with Gasteiger partial charge in [0, 0.05) is 37.3 Å². The first kappa shape index (κ1) is 24.4. The summed E-state index contributed by atoms with van der Waals surface area (Å²) in [6.45, 7) is 5.83. The average molecular weight is 464 g/mol. The normalized spacial score (nSPS) is 14.2. The van der Waals surface area contributed by atoms with E-state index in [1.54, 1.807) is 23.1 Å². The first-order chi connectivity index (χ1) is 15.7. The van der Waals surface area contributed by atoms with E-state index in [1.807, 2.05) is 13.8 Å². The molecule has 3 rings (SSSR count). The van der Waals surface area contributed by atoms with E-state index in [-0.39, 0.29) is 37.6 Å². The average Bonchev–Trinajstić information content (AvgIpc) is 2.82. The molecule has 1 aliphatic heterocycles. The van der Waals surface area contributed by atoms with Gasteiger partial charge in [-0.05, 0) is 49.7 Å². The van der Waals surface area contributed by atoms with Gasteiger partial charge in [0.15, 0.2) is 11.5 Å². The number of ether oxygens (including phenoxy) is 2. The fraction of sp³-hybridized carbons (Fsp3) is 0.417. The predicted octanol–water partition coefficient (Wildman–Crippen LogP) is 4.49. The second-order valence-electron chi connectivity index (χ2n) is 7.61. The number of nitrogens with zero attached hydrogens (tertiary/aromatic N) is 2. The number of benzene rings is 2. The third-order valence-electron chi connectivity index (χ3n) is 5.24. The van der Waals surface area contributed by atoms with Crippen LogP contribution in [0.4, 0.5) is 13.2 Å². The van der Waals surface area contributed by atoms with Crippen LogP contribution < -0.4 is 9.47 Å². The SMILES string of the molecule is CCCOc1ccc(C(=O)N2CCN(C(=O)c3cccc(C(F)(F)F)c3)CC2)cc1OCC. The molecule has 1 aliphatic rings. The van der Waals surface area contributed by atoms with Gasteiger partial charge in [-0.1, -0.05) is 13.0 Å². The van der Waals surface area contributed by atoms with Gasteiger partial charge in [0.1, 0.15) is 0 Å². The van der Waals surface area contributed by atoms with Crippen molar-refractivity contribution in [3.8, 4) is 11.5 Å². The van der Waals surface area contributed by atoms with Crippen LogP contribution in [-0.2, 0) is 6.18 Å². The van der Waals surface area contributed by atoms with E-state index >= 15 is 0 Å². The first-order valence-corrected chi connectivity index (χ1v) is 10.9. The molecule has 0 atom stereocenters. The topological polar surface area (TPSA) is 59.1 Å². The summed E-state index contributed by atoms with van der Waals surface area (Å²) in [5.41, 5.74) is -0.438. The molecule has 0 N–H and O–H groups in total. The zero-order chi connectivity index (χ0) is 24.0. The minimum atomic E-state index is -4.52. The Morgan fingerprint density at radius 2 is 1.45 bits per heavy atom. The summed E-state index contributed by atoms with van der Waals surface area (Å²) in [4.78, 5) is 28.8. The number of carbonyl (C=O) groups is 2. The highest BCUT2D eigenvalue weighted by molar-refractivity contribution is 5.96. The van der Waals surface area contributed by atoms with Gasteiger partial charge in [-0.15, -0.1) is 0 Å². The largest absolute Gasteiger partial charge is 0.490 e. The zero-order valence-corrected chi connectivity index (χ0v) is 18.7. The first-order valence-electron chi connectivity index (χ1n) is 10.9. The third kappa shape index (κ3) is 5.97. The van der Waals surface area contributed by atoms with E-state index in [9.17, 15) is 22.8 Å². The fourth-order valence-electron chi connectivity index (χ4n) is 3.55. The summed E-state index contributed by atoms with van der Waals surface area (Å²) >= 11 is 0. The molecule has 0 spiro atoms. The lowest BCUT2D eigenvalue weighted by Crippen LogP contribution is -2.50. The number of hydrogen-bond donors (Lipinski definition) is 0. The Balaban J connectivity index is 1.65. The van der Waals surface area contributed by atoms with Gasteiger partial charge in [-0.3, -0.25) is 9.59 Å². The van der Waals surface area contributed by atoms with Gasteiger partial charge in [-0.2, -0.15) is 13.2 Å². The van der Waals surface area contributed by atoms with Crippen molar-refractivity contribution in [1.29, 1.82) is 0 Å². The molecule has 2 amide bonds. The maximum absolute atomic E-state index is 13.0. The van der Waals surface area contributed by atoms with Crippen LogP contribution in [0.1, 0.15) is 46.5 Å². The smallest absolute Gasteiger partial charge is 0.416 e. The van der Waals surface area contributed by atoms with E-state index in [0.29, 0.717) is 30.3 Å². The van der Waals surface area contributed by atoms with Gasteiger partial charge in [0.25, 0.3) is 11.8 Å². The molecular formula is C24H27F3N2O4. The van der Waals surface area contributed by atoms with E-state index in [0.717, 1.165) is 18.6 Å². The number of rotatable bonds is 7. The fourth-order valence-corrected chi connectivity index (χ4v) is 3.55. The predicted molar refractivity (Wildman–Crippen MR) is 117 cm³/mol. The lowest BCUT2D eigenvalue weighted by Gasteiger charge is -2.35. The highest BCUT2D eigenvalue weighted by Crippen LogP contribution is 2.31. The summed E-state index contributed by atoms with van der Waals surface area (Å²) in [5, 5.41) is 0. The maximum atomic E-state index is 13.0. The minimum Gasteiger partial charge on any atom is -0.490 e. The van der Waals surface area contributed by atoms with Gasteiger partial charge in [0.2, 0.25) is 0 Å². The van der Waals surface area contributed by atoms with Crippen LogP contribution in [0.5, 0.6) is 11.5 Å². The molecule has 9 heteroatoms. The van der Waals surface area contributed by atoms with E-state index in [4.69, 9.17) is 9.47 Å². The van der Waals surface area contributed by atoms with Crippen molar-refractivity contribution in [2.24, 2.45) is 0 Å². The van der Waals surface area contributed by atoms with Gasteiger partial charge < -0.3 is 19.3 Å². The van der Waals surface area contributed by atoms with Crippen molar-refractivity contribution in [3.63, 3.8) is 0 Å². The highest BCUT2D eigenvalue weighted by Gasteiger charge is 2.32. The standard InChI is InChI=1S/C24H27F3N2O4/c1-3-14-33-20-9-8-18(16-21(20)32-4-2)23(31)29-12-10-28(11-13-29)22(30)17-6-5-7-19(15-17)24(25,26)27/h5-9,15-16H,3-4,10-14H2,1-2H3. The van der Waals surface area contributed by atoms with Crippen LogP contribution in [0.25, 0.3) is 0 Å². The molecule has 0 aliphatic carbocycles. The van der Waals surface area contributed by atoms with E-state index in [1.165, 1.54) is 17.0 Å². The van der Waals surface area contributed by atoms with Crippen LogP contribution in [0.3, 0.4) is 0 Å². The van der Waals surface area contributed by atoms with Crippen molar-refractivity contribution >= 4 is 11.8 Å². The van der Waals surface area contributed by atoms with Crippen molar-refractivity contribution in [3.05, 3.63) is 59.2 Å². The molecule has 0 bridgehead atoms. The lowest BCUT2D eigenvalue weighted by molar-refractivity contribution is -0.137. The van der Waals surface area contributed by atoms with E-state index in [2.05, 4.69) is 0 Å². The molecule has 0 radical (unpaired) electrons. The molecule has 33 heavy (non-hydrogen) atoms. The quantitative estimate of drug-likeness (QED) is 0.606. The second kappa shape index (κ2) is 10.6. The Hall–Kier alpha value is -3.23. The monoisotopic (exact) mass is 464 g/mol. The molecule has 0 aromatic heterocycles. The minimum absolute atomic E-state index is 0.0198.